The van der Waals surface area contributed by atoms with Crippen molar-refractivity contribution in [3.63, 3.8) is 0 Å². The molecule has 0 aliphatic carbocycles. The van der Waals surface area contributed by atoms with E-state index in [0.29, 0.717) is 11.3 Å². The molecule has 0 amide bonds. The van der Waals surface area contributed by atoms with Crippen molar-refractivity contribution < 1.29 is 20.2 Å². The summed E-state index contributed by atoms with van der Waals surface area (Å²) in [6.45, 7) is -0.630. The highest BCUT2D eigenvalue weighted by Gasteiger charge is 2.23. The first-order chi connectivity index (χ1) is 6.56. The van der Waals surface area contributed by atoms with Gasteiger partial charge in [-0.1, -0.05) is 0 Å². The van der Waals surface area contributed by atoms with E-state index in [4.69, 9.17) is 10.2 Å². The highest BCUT2D eigenvalue weighted by Crippen LogP contribution is 2.27. The highest BCUT2D eigenvalue weighted by atomic mass is 32.1. The molecule has 0 fully saturated rings. The van der Waals surface area contributed by atoms with Gasteiger partial charge < -0.3 is 15.3 Å². The lowest BCUT2D eigenvalue weighted by Gasteiger charge is -2.11. The maximum Gasteiger partial charge on any atom is 0.344 e. The van der Waals surface area contributed by atoms with E-state index in [1.165, 1.54) is 0 Å². The van der Waals surface area contributed by atoms with Crippen LogP contribution in [-0.4, -0.2) is 37.9 Å². The first-order valence-corrected chi connectivity index (χ1v) is 4.45. The van der Waals surface area contributed by atoms with Crippen LogP contribution < -0.4 is 0 Å². The SMILES string of the molecule is O=[N+]([O-])c1cnc(C(O)C(O)CO)s1. The van der Waals surface area contributed by atoms with Crippen molar-refractivity contribution in [1.82, 2.24) is 4.98 Å². The van der Waals surface area contributed by atoms with Gasteiger partial charge in [0.1, 0.15) is 23.4 Å². The predicted molar refractivity (Wildman–Crippen MR) is 46.8 cm³/mol. The summed E-state index contributed by atoms with van der Waals surface area (Å²) in [6.07, 6.45) is -1.77. The molecule has 7 nitrogen and oxygen atoms in total. The Kier molecular flexibility index (Phi) is 3.47. The molecule has 0 spiro atoms. The fraction of sp³-hybridized carbons (Fsp3) is 0.500. The van der Waals surface area contributed by atoms with Gasteiger partial charge in [0.05, 0.1) is 11.5 Å². The minimum Gasteiger partial charge on any atom is -0.394 e. The normalized spacial score (nSPS) is 15.1. The zero-order valence-electron chi connectivity index (χ0n) is 6.90. The number of thiazole rings is 1. The van der Waals surface area contributed by atoms with E-state index in [1.807, 2.05) is 0 Å². The molecule has 0 saturated heterocycles. The van der Waals surface area contributed by atoms with Crippen molar-refractivity contribution in [2.75, 3.05) is 6.61 Å². The summed E-state index contributed by atoms with van der Waals surface area (Å²) in [5.74, 6) is 0. The summed E-state index contributed by atoms with van der Waals surface area (Å²) in [7, 11) is 0. The quantitative estimate of drug-likeness (QED) is 0.462. The predicted octanol–water partition coefficient (Wildman–Crippen LogP) is -0.562. The average Bonchev–Trinajstić information content (AvgIpc) is 2.64. The molecular formula is C6H8N2O5S. The highest BCUT2D eigenvalue weighted by molar-refractivity contribution is 7.14. The van der Waals surface area contributed by atoms with Gasteiger partial charge in [-0.2, -0.15) is 0 Å². The second-order valence-corrected chi connectivity index (χ2v) is 3.53. The fourth-order valence-corrected chi connectivity index (χ4v) is 1.54. The Hall–Kier alpha value is -1.09. The van der Waals surface area contributed by atoms with Crippen LogP contribution in [0.25, 0.3) is 0 Å². The van der Waals surface area contributed by atoms with Gasteiger partial charge in [0.2, 0.25) is 0 Å². The minimum absolute atomic E-state index is 0.0123. The van der Waals surface area contributed by atoms with Crippen molar-refractivity contribution in [2.45, 2.75) is 12.2 Å². The fourth-order valence-electron chi connectivity index (χ4n) is 0.764. The Morgan fingerprint density at radius 1 is 1.64 bits per heavy atom. The molecular weight excluding hydrogens is 212 g/mol. The summed E-state index contributed by atoms with van der Waals surface area (Å²) < 4.78 is 0. The Morgan fingerprint density at radius 3 is 2.71 bits per heavy atom. The molecule has 0 aliphatic rings. The van der Waals surface area contributed by atoms with Gasteiger partial charge in [0, 0.05) is 0 Å². The standard InChI is InChI=1S/C6H8N2O5S/c9-2-3(10)5(11)6-7-1-4(14-6)8(12)13/h1,3,5,9-11H,2H2. The summed E-state index contributed by atoms with van der Waals surface area (Å²) in [4.78, 5) is 13.2. The molecule has 1 heterocycles. The average molecular weight is 220 g/mol. The smallest absolute Gasteiger partial charge is 0.344 e. The third-order valence-corrected chi connectivity index (χ3v) is 2.52. The summed E-state index contributed by atoms with van der Waals surface area (Å²) in [5, 5.41) is 36.9. The van der Waals surface area contributed by atoms with Crippen LogP contribution in [-0.2, 0) is 0 Å². The van der Waals surface area contributed by atoms with Gasteiger partial charge in [0.15, 0.2) is 0 Å². The number of aliphatic hydroxyl groups excluding tert-OH is 3. The Labute approximate surface area is 82.4 Å². The first-order valence-electron chi connectivity index (χ1n) is 3.63. The van der Waals surface area contributed by atoms with Crippen LogP contribution in [0.1, 0.15) is 11.1 Å². The molecule has 0 aliphatic heterocycles. The number of rotatable bonds is 4. The van der Waals surface area contributed by atoms with Crippen LogP contribution in [0.15, 0.2) is 6.20 Å². The number of nitro groups is 1. The zero-order valence-corrected chi connectivity index (χ0v) is 7.72. The van der Waals surface area contributed by atoms with Crippen molar-refractivity contribution in [3.8, 4) is 0 Å². The van der Waals surface area contributed by atoms with E-state index >= 15 is 0 Å². The second-order valence-electron chi connectivity index (χ2n) is 2.49. The third kappa shape index (κ3) is 2.23. The molecule has 0 aromatic carbocycles. The second kappa shape index (κ2) is 4.42. The molecule has 14 heavy (non-hydrogen) atoms. The maximum absolute atomic E-state index is 10.3. The van der Waals surface area contributed by atoms with Gasteiger partial charge in [-0.15, -0.1) is 0 Å². The van der Waals surface area contributed by atoms with E-state index in [1.54, 1.807) is 0 Å². The van der Waals surface area contributed by atoms with Crippen LogP contribution in [0.3, 0.4) is 0 Å². The molecule has 8 heteroatoms. The van der Waals surface area contributed by atoms with Crippen molar-refractivity contribution in [1.29, 1.82) is 0 Å². The van der Waals surface area contributed by atoms with E-state index in [-0.39, 0.29) is 10.0 Å². The largest absolute Gasteiger partial charge is 0.394 e. The third-order valence-electron chi connectivity index (χ3n) is 1.50. The van der Waals surface area contributed by atoms with E-state index in [0.717, 1.165) is 6.20 Å². The van der Waals surface area contributed by atoms with Crippen LogP contribution in [0.5, 0.6) is 0 Å². The topological polar surface area (TPSA) is 117 Å². The number of hydrogen-bond acceptors (Lipinski definition) is 7. The van der Waals surface area contributed by atoms with E-state index in [9.17, 15) is 15.2 Å². The van der Waals surface area contributed by atoms with Gasteiger partial charge in [-0.05, 0) is 11.3 Å². The lowest BCUT2D eigenvalue weighted by molar-refractivity contribution is -0.380. The van der Waals surface area contributed by atoms with Gasteiger partial charge in [0.25, 0.3) is 0 Å². The van der Waals surface area contributed by atoms with Crippen molar-refractivity contribution in [3.05, 3.63) is 21.3 Å². The van der Waals surface area contributed by atoms with Crippen LogP contribution in [0.2, 0.25) is 0 Å². The maximum atomic E-state index is 10.3. The Morgan fingerprint density at radius 2 is 2.29 bits per heavy atom. The molecule has 0 bridgehead atoms. The molecule has 0 radical (unpaired) electrons. The lowest BCUT2D eigenvalue weighted by atomic mass is 10.2. The monoisotopic (exact) mass is 220 g/mol. The van der Waals surface area contributed by atoms with Crippen LogP contribution in [0, 0.1) is 10.1 Å². The molecule has 2 unspecified atom stereocenters. The lowest BCUT2D eigenvalue weighted by Crippen LogP contribution is -2.21. The Bertz CT molecular complexity index is 328. The first kappa shape index (κ1) is 11.0. The number of hydrogen-bond donors (Lipinski definition) is 3. The molecule has 2 atom stereocenters. The molecule has 78 valence electrons. The molecule has 1 rings (SSSR count). The van der Waals surface area contributed by atoms with Gasteiger partial charge in [-0.25, -0.2) is 4.98 Å². The number of aromatic nitrogens is 1. The molecule has 1 aromatic heterocycles. The van der Waals surface area contributed by atoms with E-state index < -0.39 is 23.7 Å². The van der Waals surface area contributed by atoms with E-state index in [2.05, 4.69) is 4.98 Å². The minimum atomic E-state index is -1.39. The van der Waals surface area contributed by atoms with Crippen LogP contribution >= 0.6 is 11.3 Å². The summed E-state index contributed by atoms with van der Waals surface area (Å²) >= 11 is 0.661. The summed E-state index contributed by atoms with van der Waals surface area (Å²) in [6, 6.07) is 0. The number of nitrogens with zero attached hydrogens (tertiary/aromatic N) is 2. The van der Waals surface area contributed by atoms with Crippen molar-refractivity contribution >= 4 is 16.3 Å². The van der Waals surface area contributed by atoms with Crippen LogP contribution in [0.4, 0.5) is 5.00 Å². The zero-order chi connectivity index (χ0) is 10.7. The number of aliphatic hydroxyl groups is 3. The molecule has 0 saturated carbocycles. The van der Waals surface area contributed by atoms with Gasteiger partial charge in [-0.3, -0.25) is 10.1 Å². The molecule has 3 N–H and O–H groups in total. The Balaban J connectivity index is 2.81. The van der Waals surface area contributed by atoms with Gasteiger partial charge >= 0.3 is 5.00 Å². The van der Waals surface area contributed by atoms with Crippen molar-refractivity contribution in [2.24, 2.45) is 0 Å². The molecule has 1 aromatic rings. The summed E-state index contributed by atoms with van der Waals surface area (Å²) in [5.41, 5.74) is 0.